The molecule has 0 aliphatic heterocycles. The van der Waals surface area contributed by atoms with Crippen LogP contribution in [0, 0.1) is 5.92 Å². The van der Waals surface area contributed by atoms with Crippen LogP contribution >= 0.6 is 11.6 Å². The van der Waals surface area contributed by atoms with Gasteiger partial charge in [0.25, 0.3) is 0 Å². The highest BCUT2D eigenvalue weighted by molar-refractivity contribution is 6.33. The second-order valence-corrected chi connectivity index (χ2v) is 12.2. The third kappa shape index (κ3) is 5.97. The molecule has 246 valence electrons. The molecule has 2 N–H and O–H groups in total. The number of nitrogens with zero attached hydrogens (tertiary/aromatic N) is 4. The van der Waals surface area contributed by atoms with E-state index in [9.17, 15) is 4.79 Å². The largest absolute Gasteiger partial charge is 0.497 e. The smallest absolute Gasteiger partial charge is 0.223 e. The quantitative estimate of drug-likeness (QED) is 0.0893. The van der Waals surface area contributed by atoms with Gasteiger partial charge in [0.05, 0.1) is 26.7 Å². The van der Waals surface area contributed by atoms with Gasteiger partial charge in [0.2, 0.25) is 5.95 Å². The van der Waals surface area contributed by atoms with Gasteiger partial charge in [-0.25, -0.2) is 4.98 Å². The number of ether oxygens (including phenoxy) is 3. The van der Waals surface area contributed by atoms with Gasteiger partial charge in [-0.2, -0.15) is 9.97 Å². The molecule has 0 saturated heterocycles. The minimum absolute atomic E-state index is 0.0301. The maximum Gasteiger partial charge on any atom is 0.223 e. The molecule has 1 aliphatic rings. The Morgan fingerprint density at radius 1 is 0.857 bits per heavy atom. The Bertz CT molecular complexity index is 2050. The van der Waals surface area contributed by atoms with E-state index in [1.807, 2.05) is 115 Å². The summed E-state index contributed by atoms with van der Waals surface area (Å²) in [7, 11) is 1.63. The van der Waals surface area contributed by atoms with Gasteiger partial charge in [-0.05, 0) is 40.0 Å². The number of hydrogen-bond acceptors (Lipinski definition) is 8. The van der Waals surface area contributed by atoms with Crippen LogP contribution in [0.5, 0.6) is 5.75 Å². The minimum Gasteiger partial charge on any atom is -0.497 e. The van der Waals surface area contributed by atoms with Crippen molar-refractivity contribution in [2.24, 2.45) is 5.92 Å². The van der Waals surface area contributed by atoms with Crippen LogP contribution in [0.15, 0.2) is 134 Å². The normalized spacial score (nSPS) is 17.9. The van der Waals surface area contributed by atoms with E-state index in [0.29, 0.717) is 29.1 Å². The number of imidazole rings is 1. The lowest BCUT2D eigenvalue weighted by Gasteiger charge is -2.39. The standard InChI is InChI=1S/C39H34ClN5O4/c1-25-31(23-48-22-26-12-6-3-7-13-26)35(34(46)33(25)45-24-42-32-36(40)43-38(41)44-37(32)45)49-39(27-14-8-4-9-15-27,28-16-10-5-11-17-28)29-18-20-30(47-2)21-19-29/h3-21,24,31,33,35H,1,22-23H2,2H3,(H2,41,43,44)/t31-,33+,35+/m1/s1. The lowest BCUT2D eigenvalue weighted by atomic mass is 9.79. The van der Waals surface area contributed by atoms with Crippen LogP contribution in [0.4, 0.5) is 5.95 Å². The predicted molar refractivity (Wildman–Crippen MR) is 188 cm³/mol. The molecule has 0 spiro atoms. The Balaban J connectivity index is 1.37. The lowest BCUT2D eigenvalue weighted by Crippen LogP contribution is -2.42. The van der Waals surface area contributed by atoms with Crippen molar-refractivity contribution in [3.05, 3.63) is 161 Å². The monoisotopic (exact) mass is 671 g/mol. The summed E-state index contributed by atoms with van der Waals surface area (Å²) in [6.45, 7) is 4.99. The number of aromatic nitrogens is 4. The Hall–Kier alpha value is -5.35. The number of carbonyl (C=O) groups is 1. The summed E-state index contributed by atoms with van der Waals surface area (Å²) in [4.78, 5) is 27.8. The van der Waals surface area contributed by atoms with Crippen molar-refractivity contribution in [1.29, 1.82) is 0 Å². The second kappa shape index (κ2) is 13.6. The molecular formula is C39H34ClN5O4. The maximum atomic E-state index is 14.9. The van der Waals surface area contributed by atoms with E-state index in [-0.39, 0.29) is 23.5 Å². The molecule has 0 radical (unpaired) electrons. The second-order valence-electron chi connectivity index (χ2n) is 11.9. The number of nitrogen functional groups attached to an aromatic ring is 1. The van der Waals surface area contributed by atoms with Crippen LogP contribution in [0.25, 0.3) is 11.2 Å². The van der Waals surface area contributed by atoms with Crippen LogP contribution in [0.3, 0.4) is 0 Å². The first kappa shape index (κ1) is 32.2. The number of carbonyl (C=O) groups excluding carboxylic acids is 1. The summed E-state index contributed by atoms with van der Waals surface area (Å²) in [5.41, 5.74) is 9.54. The average molecular weight is 672 g/mol. The highest BCUT2D eigenvalue weighted by atomic mass is 35.5. The van der Waals surface area contributed by atoms with Gasteiger partial charge in [-0.15, -0.1) is 0 Å². The molecule has 3 atom stereocenters. The molecule has 6 aromatic rings. The fraction of sp³-hybridized carbons (Fsp3) is 0.179. The van der Waals surface area contributed by atoms with Gasteiger partial charge < -0.3 is 24.5 Å². The molecule has 10 heteroatoms. The van der Waals surface area contributed by atoms with E-state index >= 15 is 0 Å². The van der Waals surface area contributed by atoms with Gasteiger partial charge in [0, 0.05) is 5.92 Å². The van der Waals surface area contributed by atoms with Crippen molar-refractivity contribution in [3.63, 3.8) is 0 Å². The van der Waals surface area contributed by atoms with Crippen molar-refractivity contribution in [3.8, 4) is 5.75 Å². The van der Waals surface area contributed by atoms with Gasteiger partial charge in [-0.1, -0.05) is 121 Å². The summed E-state index contributed by atoms with van der Waals surface area (Å²) in [5, 5.41) is 0.0968. The number of nitrogens with two attached hydrogens (primary N) is 1. The molecule has 2 heterocycles. The first-order valence-corrected chi connectivity index (χ1v) is 16.2. The molecule has 1 fully saturated rings. The van der Waals surface area contributed by atoms with Gasteiger partial charge in [0.1, 0.15) is 29.0 Å². The van der Waals surface area contributed by atoms with Crippen LogP contribution < -0.4 is 10.5 Å². The zero-order valence-electron chi connectivity index (χ0n) is 26.8. The summed E-state index contributed by atoms with van der Waals surface area (Å²) >= 11 is 6.38. The molecule has 0 unspecified atom stereocenters. The fourth-order valence-electron chi connectivity index (χ4n) is 6.62. The summed E-state index contributed by atoms with van der Waals surface area (Å²) in [6, 6.07) is 36.5. The number of anilines is 1. The van der Waals surface area contributed by atoms with Gasteiger partial charge >= 0.3 is 0 Å². The molecule has 49 heavy (non-hydrogen) atoms. The number of halogens is 1. The summed E-state index contributed by atoms with van der Waals surface area (Å²) < 4.78 is 20.8. The van der Waals surface area contributed by atoms with Crippen molar-refractivity contribution < 1.29 is 19.0 Å². The summed E-state index contributed by atoms with van der Waals surface area (Å²) in [5.74, 6) is -0.102. The topological polar surface area (TPSA) is 114 Å². The highest BCUT2D eigenvalue weighted by Gasteiger charge is 2.52. The maximum absolute atomic E-state index is 14.9. The molecule has 9 nitrogen and oxygen atoms in total. The van der Waals surface area contributed by atoms with Crippen LogP contribution in [-0.2, 0) is 26.5 Å². The van der Waals surface area contributed by atoms with Gasteiger partial charge in [0.15, 0.2) is 16.6 Å². The number of benzene rings is 4. The molecule has 2 aromatic heterocycles. The van der Waals surface area contributed by atoms with E-state index in [0.717, 1.165) is 22.3 Å². The van der Waals surface area contributed by atoms with E-state index in [4.69, 9.17) is 31.5 Å². The Labute approximate surface area is 289 Å². The Kier molecular flexibility index (Phi) is 8.97. The minimum atomic E-state index is -1.21. The summed E-state index contributed by atoms with van der Waals surface area (Å²) in [6.07, 6.45) is 0.524. The third-order valence-electron chi connectivity index (χ3n) is 8.99. The lowest BCUT2D eigenvalue weighted by molar-refractivity contribution is -0.141. The molecule has 4 aromatic carbocycles. The van der Waals surface area contributed by atoms with Crippen LogP contribution in [0.1, 0.15) is 28.3 Å². The van der Waals surface area contributed by atoms with Crippen molar-refractivity contribution in [1.82, 2.24) is 19.5 Å². The molecule has 0 amide bonds. The number of rotatable bonds is 11. The number of methoxy groups -OCH3 is 1. The first-order valence-electron chi connectivity index (χ1n) is 15.8. The van der Waals surface area contributed by atoms with Crippen molar-refractivity contribution in [2.45, 2.75) is 24.4 Å². The molecule has 1 aliphatic carbocycles. The average Bonchev–Trinajstić information content (AvgIpc) is 3.65. The van der Waals surface area contributed by atoms with Crippen LogP contribution in [-0.4, -0.2) is 45.1 Å². The zero-order chi connectivity index (χ0) is 34.0. The number of Topliss-reactive ketones (excluding diaryl/α,β-unsaturated/α-hetero) is 1. The molecule has 7 rings (SSSR count). The zero-order valence-corrected chi connectivity index (χ0v) is 27.5. The third-order valence-corrected chi connectivity index (χ3v) is 9.25. The molecule has 0 bridgehead atoms. The van der Waals surface area contributed by atoms with E-state index in [1.165, 1.54) is 6.33 Å². The number of ketones is 1. The van der Waals surface area contributed by atoms with Gasteiger partial charge in [-0.3, -0.25) is 4.79 Å². The van der Waals surface area contributed by atoms with Crippen molar-refractivity contribution >= 4 is 34.5 Å². The van der Waals surface area contributed by atoms with Crippen molar-refractivity contribution in [2.75, 3.05) is 19.5 Å². The van der Waals surface area contributed by atoms with E-state index in [1.54, 1.807) is 11.7 Å². The van der Waals surface area contributed by atoms with E-state index in [2.05, 4.69) is 21.5 Å². The molecule has 1 saturated carbocycles. The highest BCUT2D eigenvalue weighted by Crippen LogP contribution is 2.48. The predicted octanol–water partition coefficient (Wildman–Crippen LogP) is 6.96. The Morgan fingerprint density at radius 2 is 1.45 bits per heavy atom. The fourth-order valence-corrected chi connectivity index (χ4v) is 6.83. The number of hydrogen-bond donors (Lipinski definition) is 1. The first-order chi connectivity index (χ1) is 23.9. The SMILES string of the molecule is C=C1[C@H](n2cnc3c(Cl)nc(N)nc32)C(=O)[C@@H](OC(c2ccccc2)(c2ccccc2)c2ccc(OC)cc2)[C@@H]1COCc1ccccc1. The van der Waals surface area contributed by atoms with Crippen LogP contribution in [0.2, 0.25) is 5.15 Å². The van der Waals surface area contributed by atoms with E-state index < -0.39 is 23.7 Å². The Morgan fingerprint density at radius 3 is 2.06 bits per heavy atom. The number of fused-ring (bicyclic) bond motifs is 1. The molecular weight excluding hydrogens is 638 g/mol.